The third-order valence-corrected chi connectivity index (χ3v) is 5.39. The van der Waals surface area contributed by atoms with Crippen LogP contribution in [0.5, 0.6) is 0 Å². The number of carbonyl (C=O) groups is 2. The molecule has 0 bridgehead atoms. The molecule has 0 spiro atoms. The molecule has 154 valence electrons. The quantitative estimate of drug-likeness (QED) is 0.735. The standard InChI is InChI=1S/C24H29FN2O2/c1-4-26(15-18-8-7-11-21(25)13-18)24(29)22-14-19-9-5-6-10-20(19)16-27(22)23(28)12-17(2)3/h5-11,13,17,22H,4,12,14-16H2,1-3H3. The normalized spacial score (nSPS) is 15.9. The predicted octanol–water partition coefficient (Wildman–Crippen LogP) is 4.17. The van der Waals surface area contributed by atoms with E-state index in [1.807, 2.05) is 51.1 Å². The second-order valence-electron chi connectivity index (χ2n) is 8.09. The van der Waals surface area contributed by atoms with E-state index in [0.29, 0.717) is 32.5 Å². The Morgan fingerprint density at radius 3 is 2.52 bits per heavy atom. The third-order valence-electron chi connectivity index (χ3n) is 5.39. The monoisotopic (exact) mass is 396 g/mol. The van der Waals surface area contributed by atoms with Crippen molar-refractivity contribution in [2.24, 2.45) is 5.92 Å². The lowest BCUT2D eigenvalue weighted by atomic mass is 9.92. The highest BCUT2D eigenvalue weighted by Gasteiger charge is 2.36. The molecule has 0 saturated heterocycles. The smallest absolute Gasteiger partial charge is 0.246 e. The summed E-state index contributed by atoms with van der Waals surface area (Å²) >= 11 is 0. The van der Waals surface area contributed by atoms with Crippen LogP contribution >= 0.6 is 0 Å². The van der Waals surface area contributed by atoms with Gasteiger partial charge in [-0.3, -0.25) is 9.59 Å². The van der Waals surface area contributed by atoms with Gasteiger partial charge in [-0.25, -0.2) is 4.39 Å². The molecule has 0 saturated carbocycles. The van der Waals surface area contributed by atoms with Crippen molar-refractivity contribution >= 4 is 11.8 Å². The number of benzene rings is 2. The van der Waals surface area contributed by atoms with Gasteiger partial charge in [0.15, 0.2) is 0 Å². The second-order valence-corrected chi connectivity index (χ2v) is 8.09. The third kappa shape index (κ3) is 5.03. The van der Waals surface area contributed by atoms with Crippen LogP contribution in [-0.4, -0.2) is 34.2 Å². The summed E-state index contributed by atoms with van der Waals surface area (Å²) in [5.74, 6) is -0.158. The maximum atomic E-state index is 13.6. The number of likely N-dealkylation sites (N-methyl/N-ethyl adjacent to an activating group) is 1. The summed E-state index contributed by atoms with van der Waals surface area (Å²) in [7, 11) is 0. The average molecular weight is 397 g/mol. The van der Waals surface area contributed by atoms with Gasteiger partial charge in [0.1, 0.15) is 11.9 Å². The number of hydrogen-bond donors (Lipinski definition) is 0. The van der Waals surface area contributed by atoms with Gasteiger partial charge >= 0.3 is 0 Å². The first-order valence-corrected chi connectivity index (χ1v) is 10.3. The molecule has 3 rings (SSSR count). The molecule has 29 heavy (non-hydrogen) atoms. The van der Waals surface area contributed by atoms with Crippen molar-refractivity contribution in [1.29, 1.82) is 0 Å². The van der Waals surface area contributed by atoms with Gasteiger partial charge in [-0.2, -0.15) is 0 Å². The topological polar surface area (TPSA) is 40.6 Å². The fourth-order valence-corrected chi connectivity index (χ4v) is 3.88. The van der Waals surface area contributed by atoms with Crippen LogP contribution in [0.1, 0.15) is 43.9 Å². The molecule has 1 unspecified atom stereocenters. The highest BCUT2D eigenvalue weighted by Crippen LogP contribution is 2.26. The molecular formula is C24H29FN2O2. The maximum absolute atomic E-state index is 13.6. The van der Waals surface area contributed by atoms with Crippen molar-refractivity contribution in [3.8, 4) is 0 Å². The molecule has 0 aromatic heterocycles. The summed E-state index contributed by atoms with van der Waals surface area (Å²) in [4.78, 5) is 29.9. The van der Waals surface area contributed by atoms with Crippen LogP contribution in [0.15, 0.2) is 48.5 Å². The van der Waals surface area contributed by atoms with E-state index in [4.69, 9.17) is 0 Å². The van der Waals surface area contributed by atoms with Crippen molar-refractivity contribution in [2.45, 2.75) is 52.7 Å². The Kier molecular flexibility index (Phi) is 6.68. The van der Waals surface area contributed by atoms with Crippen LogP contribution in [-0.2, 0) is 29.1 Å². The molecule has 1 aliphatic rings. The van der Waals surface area contributed by atoms with Gasteiger partial charge in [0, 0.05) is 32.5 Å². The molecule has 1 atom stereocenters. The summed E-state index contributed by atoms with van der Waals surface area (Å²) in [5.41, 5.74) is 2.96. The van der Waals surface area contributed by atoms with E-state index in [0.717, 1.165) is 16.7 Å². The van der Waals surface area contributed by atoms with Crippen molar-refractivity contribution in [3.05, 3.63) is 71.0 Å². The number of carbonyl (C=O) groups excluding carboxylic acids is 2. The fraction of sp³-hybridized carbons (Fsp3) is 0.417. The van der Waals surface area contributed by atoms with Gasteiger partial charge in [0.25, 0.3) is 0 Å². The average Bonchev–Trinajstić information content (AvgIpc) is 2.70. The molecule has 0 N–H and O–H groups in total. The number of halogens is 1. The number of fused-ring (bicyclic) bond motifs is 1. The lowest BCUT2D eigenvalue weighted by Gasteiger charge is -2.39. The summed E-state index contributed by atoms with van der Waals surface area (Å²) in [5, 5.41) is 0. The van der Waals surface area contributed by atoms with Gasteiger partial charge < -0.3 is 9.80 Å². The SMILES string of the molecule is CCN(Cc1cccc(F)c1)C(=O)C1Cc2ccccc2CN1C(=O)CC(C)C. The zero-order valence-corrected chi connectivity index (χ0v) is 17.4. The minimum Gasteiger partial charge on any atom is -0.337 e. The van der Waals surface area contributed by atoms with Crippen LogP contribution in [0.25, 0.3) is 0 Å². The number of hydrogen-bond acceptors (Lipinski definition) is 2. The van der Waals surface area contributed by atoms with Crippen molar-refractivity contribution in [2.75, 3.05) is 6.54 Å². The maximum Gasteiger partial charge on any atom is 0.246 e. The van der Waals surface area contributed by atoms with E-state index >= 15 is 0 Å². The highest BCUT2D eigenvalue weighted by molar-refractivity contribution is 5.88. The molecule has 1 heterocycles. The van der Waals surface area contributed by atoms with E-state index in [2.05, 4.69) is 0 Å². The molecule has 0 radical (unpaired) electrons. The van der Waals surface area contributed by atoms with Crippen LogP contribution in [0, 0.1) is 11.7 Å². The minimum atomic E-state index is -0.523. The number of rotatable bonds is 6. The molecule has 2 aromatic carbocycles. The summed E-state index contributed by atoms with van der Waals surface area (Å²) in [6.07, 6.45) is 0.931. The van der Waals surface area contributed by atoms with E-state index in [-0.39, 0.29) is 23.5 Å². The fourth-order valence-electron chi connectivity index (χ4n) is 3.88. The molecule has 5 heteroatoms. The Hall–Kier alpha value is -2.69. The number of amides is 2. The summed E-state index contributed by atoms with van der Waals surface area (Å²) < 4.78 is 13.6. The number of nitrogens with zero attached hydrogens (tertiary/aromatic N) is 2. The zero-order chi connectivity index (χ0) is 21.0. The molecule has 2 amide bonds. The summed E-state index contributed by atoms with van der Waals surface area (Å²) in [6.45, 7) is 7.21. The van der Waals surface area contributed by atoms with Crippen LogP contribution in [0.2, 0.25) is 0 Å². The molecular weight excluding hydrogens is 367 g/mol. The van der Waals surface area contributed by atoms with Crippen molar-refractivity contribution < 1.29 is 14.0 Å². The van der Waals surface area contributed by atoms with Gasteiger partial charge in [0.2, 0.25) is 11.8 Å². The largest absolute Gasteiger partial charge is 0.337 e. The van der Waals surface area contributed by atoms with Gasteiger partial charge in [-0.1, -0.05) is 50.2 Å². The molecule has 1 aliphatic heterocycles. The predicted molar refractivity (Wildman–Crippen MR) is 111 cm³/mol. The Morgan fingerprint density at radius 2 is 1.86 bits per heavy atom. The first-order chi connectivity index (χ1) is 13.9. The minimum absolute atomic E-state index is 0.00895. The Bertz CT molecular complexity index is 881. The molecule has 0 fully saturated rings. The first kappa shape index (κ1) is 21.0. The van der Waals surface area contributed by atoms with E-state index in [1.54, 1.807) is 15.9 Å². The Morgan fingerprint density at radius 1 is 1.14 bits per heavy atom. The van der Waals surface area contributed by atoms with Gasteiger partial charge in [-0.15, -0.1) is 0 Å². The summed E-state index contributed by atoms with van der Waals surface area (Å²) in [6, 6.07) is 13.8. The van der Waals surface area contributed by atoms with E-state index < -0.39 is 6.04 Å². The van der Waals surface area contributed by atoms with Gasteiger partial charge in [0.05, 0.1) is 0 Å². The van der Waals surface area contributed by atoms with Crippen LogP contribution in [0.4, 0.5) is 4.39 Å². The van der Waals surface area contributed by atoms with Crippen LogP contribution < -0.4 is 0 Å². The highest BCUT2D eigenvalue weighted by atomic mass is 19.1. The lowest BCUT2D eigenvalue weighted by Crippen LogP contribution is -2.53. The van der Waals surface area contributed by atoms with E-state index in [9.17, 15) is 14.0 Å². The van der Waals surface area contributed by atoms with Crippen molar-refractivity contribution in [3.63, 3.8) is 0 Å². The first-order valence-electron chi connectivity index (χ1n) is 10.3. The lowest BCUT2D eigenvalue weighted by molar-refractivity contribution is -0.147. The molecule has 0 aliphatic carbocycles. The van der Waals surface area contributed by atoms with Crippen molar-refractivity contribution in [1.82, 2.24) is 9.80 Å². The van der Waals surface area contributed by atoms with Gasteiger partial charge in [-0.05, 0) is 41.7 Å². The van der Waals surface area contributed by atoms with E-state index in [1.165, 1.54) is 12.1 Å². The Balaban J connectivity index is 1.86. The Labute approximate surface area is 172 Å². The van der Waals surface area contributed by atoms with Crippen LogP contribution in [0.3, 0.4) is 0 Å². The second kappa shape index (κ2) is 9.21. The molecule has 2 aromatic rings. The zero-order valence-electron chi connectivity index (χ0n) is 17.4. The molecule has 4 nitrogen and oxygen atoms in total.